The third kappa shape index (κ3) is 6.32. The lowest BCUT2D eigenvalue weighted by Gasteiger charge is -2.26. The van der Waals surface area contributed by atoms with Crippen LogP contribution in [0.1, 0.15) is 0 Å². The lowest BCUT2D eigenvalue weighted by Crippen LogP contribution is -2.10. The van der Waals surface area contributed by atoms with Crippen molar-refractivity contribution in [1.82, 2.24) is 4.57 Å². The fourth-order valence-corrected chi connectivity index (χ4v) is 8.92. The van der Waals surface area contributed by atoms with Crippen molar-refractivity contribution in [1.29, 1.82) is 0 Å². The first-order valence-corrected chi connectivity index (χ1v) is 20.6. The Hall–Kier alpha value is -7.94. The Kier molecular flexibility index (Phi) is 8.87. The molecule has 0 aliphatic heterocycles. The predicted molar refractivity (Wildman–Crippen MR) is 255 cm³/mol. The average Bonchev–Trinajstić information content (AvgIpc) is 3.68. The van der Waals surface area contributed by atoms with E-state index in [2.05, 4.69) is 252 Å². The second-order valence-corrected chi connectivity index (χ2v) is 15.3. The minimum atomic E-state index is 1.09. The van der Waals surface area contributed by atoms with E-state index in [0.29, 0.717) is 0 Å². The highest BCUT2D eigenvalue weighted by Gasteiger charge is 2.17. The topological polar surface area (TPSA) is 8.17 Å². The number of hydrogen-bond donors (Lipinski definition) is 0. The smallest absolute Gasteiger partial charge is 0.0547 e. The molecule has 1 aromatic heterocycles. The highest BCUT2D eigenvalue weighted by Crippen LogP contribution is 2.41. The summed E-state index contributed by atoms with van der Waals surface area (Å²) in [7, 11) is 0. The van der Waals surface area contributed by atoms with Crippen LogP contribution in [0.3, 0.4) is 0 Å². The Morgan fingerprint density at radius 3 is 1.48 bits per heavy atom. The summed E-state index contributed by atoms with van der Waals surface area (Å²) in [4.78, 5) is 2.36. The molecular formula is C58H40N2. The molecule has 0 aliphatic carbocycles. The van der Waals surface area contributed by atoms with Crippen molar-refractivity contribution in [2.24, 2.45) is 0 Å². The highest BCUT2D eigenvalue weighted by molar-refractivity contribution is 6.21. The SMILES string of the molecule is c1ccc(-c2ccc(N(c3ccc(-c4ccccc4-c4ccccc4)cc3)c3cccc(-c4ccc(-n5c6ccccc6c6c7ccccc7ccc65)cc4)c3)cc2)cc1. The fourth-order valence-electron chi connectivity index (χ4n) is 8.92. The molecule has 1 heterocycles. The molecule has 0 aliphatic rings. The van der Waals surface area contributed by atoms with Gasteiger partial charge in [0.1, 0.15) is 0 Å². The highest BCUT2D eigenvalue weighted by atomic mass is 15.1. The van der Waals surface area contributed by atoms with E-state index >= 15 is 0 Å². The second-order valence-electron chi connectivity index (χ2n) is 15.3. The van der Waals surface area contributed by atoms with Gasteiger partial charge in [0.25, 0.3) is 0 Å². The summed E-state index contributed by atoms with van der Waals surface area (Å²) in [5, 5.41) is 5.11. The molecule has 2 heteroatoms. The fraction of sp³-hybridized carbons (Fsp3) is 0. The van der Waals surface area contributed by atoms with Crippen LogP contribution in [0, 0.1) is 0 Å². The summed E-state index contributed by atoms with van der Waals surface area (Å²) in [6, 6.07) is 87.7. The molecular weight excluding hydrogens is 725 g/mol. The van der Waals surface area contributed by atoms with E-state index in [9.17, 15) is 0 Å². The van der Waals surface area contributed by atoms with Gasteiger partial charge in [0.05, 0.1) is 11.0 Å². The van der Waals surface area contributed by atoms with Crippen LogP contribution >= 0.6 is 0 Å². The van der Waals surface area contributed by atoms with E-state index in [1.165, 1.54) is 71.5 Å². The Morgan fingerprint density at radius 1 is 0.283 bits per heavy atom. The third-order valence-electron chi connectivity index (χ3n) is 11.8. The van der Waals surface area contributed by atoms with Crippen molar-refractivity contribution in [3.63, 3.8) is 0 Å². The molecule has 11 aromatic rings. The minimum absolute atomic E-state index is 1.09. The molecule has 0 radical (unpaired) electrons. The number of anilines is 3. The Bertz CT molecular complexity index is 3270. The summed E-state index contributed by atoms with van der Waals surface area (Å²) in [5.41, 5.74) is 16.4. The molecule has 0 bridgehead atoms. The van der Waals surface area contributed by atoms with E-state index in [0.717, 1.165) is 28.3 Å². The van der Waals surface area contributed by atoms with Crippen LogP contribution < -0.4 is 4.90 Å². The molecule has 10 aromatic carbocycles. The van der Waals surface area contributed by atoms with Crippen LogP contribution in [0.2, 0.25) is 0 Å². The zero-order valence-electron chi connectivity index (χ0n) is 33.0. The summed E-state index contributed by atoms with van der Waals surface area (Å²) in [6.07, 6.45) is 0. The number of nitrogens with zero attached hydrogens (tertiary/aromatic N) is 2. The van der Waals surface area contributed by atoms with Gasteiger partial charge in [-0.25, -0.2) is 0 Å². The molecule has 11 rings (SSSR count). The zero-order valence-corrected chi connectivity index (χ0v) is 33.0. The molecule has 0 saturated heterocycles. The van der Waals surface area contributed by atoms with Crippen molar-refractivity contribution in [3.8, 4) is 50.2 Å². The molecule has 60 heavy (non-hydrogen) atoms. The first kappa shape index (κ1) is 35.2. The van der Waals surface area contributed by atoms with Crippen molar-refractivity contribution in [2.75, 3.05) is 4.90 Å². The van der Waals surface area contributed by atoms with Gasteiger partial charge < -0.3 is 9.47 Å². The molecule has 2 nitrogen and oxygen atoms in total. The van der Waals surface area contributed by atoms with Gasteiger partial charge in [-0.3, -0.25) is 0 Å². The van der Waals surface area contributed by atoms with Gasteiger partial charge in [-0.15, -0.1) is 0 Å². The molecule has 0 atom stereocenters. The van der Waals surface area contributed by atoms with Gasteiger partial charge in [-0.05, 0) is 116 Å². The summed E-state index contributed by atoms with van der Waals surface area (Å²) in [5.74, 6) is 0. The number of para-hydroxylation sites is 1. The molecule has 0 unspecified atom stereocenters. The van der Waals surface area contributed by atoms with Crippen molar-refractivity contribution in [3.05, 3.63) is 243 Å². The normalized spacial score (nSPS) is 11.3. The standard InChI is InChI=1S/C58H40N2/c1-3-14-41(15-4-1)42-26-33-48(34-27-42)59(49-37-30-46(31-38-49)53-22-10-9-21-52(53)44-16-5-2-6-17-44)51-20-13-19-47(40-51)43-28-35-50(36-29-43)60-56-25-12-11-24-55(56)58-54-23-8-7-18-45(54)32-39-57(58)60/h1-40H. The lowest BCUT2D eigenvalue weighted by molar-refractivity contribution is 1.18. The zero-order chi connectivity index (χ0) is 39.8. The first-order chi connectivity index (χ1) is 29.8. The molecule has 0 fully saturated rings. The van der Waals surface area contributed by atoms with Gasteiger partial charge in [-0.2, -0.15) is 0 Å². The second kappa shape index (κ2) is 15.1. The van der Waals surface area contributed by atoms with E-state index < -0.39 is 0 Å². The van der Waals surface area contributed by atoms with Crippen LogP contribution in [-0.2, 0) is 0 Å². The monoisotopic (exact) mass is 764 g/mol. The Balaban J connectivity index is 0.978. The van der Waals surface area contributed by atoms with Crippen LogP contribution in [0.15, 0.2) is 243 Å². The van der Waals surface area contributed by atoms with Crippen LogP contribution in [0.4, 0.5) is 17.1 Å². The van der Waals surface area contributed by atoms with Gasteiger partial charge in [0.2, 0.25) is 0 Å². The number of hydrogen-bond acceptors (Lipinski definition) is 1. The summed E-state index contributed by atoms with van der Waals surface area (Å²) >= 11 is 0. The van der Waals surface area contributed by atoms with Crippen LogP contribution in [0.5, 0.6) is 0 Å². The first-order valence-electron chi connectivity index (χ1n) is 20.6. The summed E-state index contributed by atoms with van der Waals surface area (Å²) in [6.45, 7) is 0. The predicted octanol–water partition coefficient (Wildman–Crippen LogP) is 16.1. The van der Waals surface area contributed by atoms with Gasteiger partial charge in [0.15, 0.2) is 0 Å². The number of fused-ring (bicyclic) bond motifs is 5. The maximum atomic E-state index is 2.40. The van der Waals surface area contributed by atoms with E-state index in [-0.39, 0.29) is 0 Å². The average molecular weight is 765 g/mol. The molecule has 0 N–H and O–H groups in total. The quantitative estimate of drug-likeness (QED) is 0.150. The van der Waals surface area contributed by atoms with E-state index in [1.807, 2.05) is 0 Å². The van der Waals surface area contributed by atoms with E-state index in [4.69, 9.17) is 0 Å². The molecule has 0 amide bonds. The van der Waals surface area contributed by atoms with Crippen molar-refractivity contribution >= 4 is 49.6 Å². The van der Waals surface area contributed by atoms with Crippen LogP contribution in [0.25, 0.3) is 82.8 Å². The minimum Gasteiger partial charge on any atom is -0.310 e. The number of aromatic nitrogens is 1. The molecule has 282 valence electrons. The third-order valence-corrected chi connectivity index (χ3v) is 11.8. The largest absolute Gasteiger partial charge is 0.310 e. The Labute approximate surface area is 350 Å². The molecule has 0 spiro atoms. The van der Waals surface area contributed by atoms with Gasteiger partial charge in [0, 0.05) is 33.5 Å². The lowest BCUT2D eigenvalue weighted by atomic mass is 9.94. The molecule has 0 saturated carbocycles. The maximum absolute atomic E-state index is 2.40. The van der Waals surface area contributed by atoms with Gasteiger partial charge >= 0.3 is 0 Å². The van der Waals surface area contributed by atoms with Crippen molar-refractivity contribution < 1.29 is 0 Å². The summed E-state index contributed by atoms with van der Waals surface area (Å²) < 4.78 is 2.40. The maximum Gasteiger partial charge on any atom is 0.0547 e. The van der Waals surface area contributed by atoms with Crippen molar-refractivity contribution in [2.45, 2.75) is 0 Å². The van der Waals surface area contributed by atoms with E-state index in [1.54, 1.807) is 0 Å². The van der Waals surface area contributed by atoms with Gasteiger partial charge in [-0.1, -0.05) is 182 Å². The number of benzene rings is 10. The van der Waals surface area contributed by atoms with Crippen LogP contribution in [-0.4, -0.2) is 4.57 Å². The Morgan fingerprint density at radius 2 is 0.783 bits per heavy atom. The number of rotatable bonds is 8.